The van der Waals surface area contributed by atoms with Gasteiger partial charge in [0.15, 0.2) is 0 Å². The number of phenolic OH excluding ortho intramolecular Hbond substituents is 1. The zero-order valence-electron chi connectivity index (χ0n) is 19.5. The number of benzene rings is 2. The fraction of sp³-hybridized carbons (Fsp3) is 0.154. The van der Waals surface area contributed by atoms with Crippen LogP contribution in [0.2, 0.25) is 10.0 Å². The topological polar surface area (TPSA) is 132 Å². The fourth-order valence-electron chi connectivity index (χ4n) is 3.60. The van der Waals surface area contributed by atoms with Crippen molar-refractivity contribution in [2.24, 2.45) is 5.73 Å². The molecule has 190 valence electrons. The summed E-state index contributed by atoms with van der Waals surface area (Å²) in [5.74, 6) is -0.888. The molecule has 1 atom stereocenters. The van der Waals surface area contributed by atoms with E-state index in [9.17, 15) is 14.7 Å². The highest BCUT2D eigenvalue weighted by Gasteiger charge is 2.23. The smallest absolute Gasteiger partial charge is 0.244 e. The molecule has 0 radical (unpaired) electrons. The van der Waals surface area contributed by atoms with Crippen LogP contribution in [0.3, 0.4) is 0 Å². The number of aromatic hydroxyl groups is 1. The van der Waals surface area contributed by atoms with Gasteiger partial charge < -0.3 is 20.9 Å². The van der Waals surface area contributed by atoms with Crippen molar-refractivity contribution in [1.29, 1.82) is 0 Å². The summed E-state index contributed by atoms with van der Waals surface area (Å²) in [7, 11) is 0. The highest BCUT2D eigenvalue weighted by molar-refractivity contribution is 6.42. The highest BCUT2D eigenvalue weighted by Crippen LogP contribution is 2.30. The number of primary amides is 1. The number of para-hydroxylation sites is 1. The Hall–Kier alpha value is -4.08. The number of rotatable bonds is 10. The molecule has 2 aromatic carbocycles. The minimum atomic E-state index is -1.15. The molecule has 0 bridgehead atoms. The number of nitrogens with one attached hydrogen (secondary N) is 1. The Kier molecular flexibility index (Phi) is 8.27. The standard InChI is InChI=1S/C26H23Cl2N5O4/c27-19-10-9-17(13-20(19)28)33-24(14-21(32-33)16-5-3-11-30-15-16)37-12-4-8-23(35)31-25(26(29)36)18-6-1-2-7-22(18)34/h1-3,5-7,9-11,13-15,25,34H,4,8,12H2,(H2,29,36)(H,31,35). The predicted octanol–water partition coefficient (Wildman–Crippen LogP) is 4.45. The third-order valence-corrected chi connectivity index (χ3v) is 6.16. The van der Waals surface area contributed by atoms with Gasteiger partial charge in [0, 0.05) is 36.0 Å². The van der Waals surface area contributed by atoms with E-state index in [-0.39, 0.29) is 24.3 Å². The number of ether oxygens (including phenoxy) is 1. The number of amides is 2. The van der Waals surface area contributed by atoms with Gasteiger partial charge in [-0.2, -0.15) is 5.10 Å². The average Bonchev–Trinajstić information content (AvgIpc) is 3.32. The minimum Gasteiger partial charge on any atom is -0.508 e. The highest BCUT2D eigenvalue weighted by atomic mass is 35.5. The van der Waals surface area contributed by atoms with E-state index < -0.39 is 17.9 Å². The van der Waals surface area contributed by atoms with Crippen LogP contribution in [0, 0.1) is 0 Å². The summed E-state index contributed by atoms with van der Waals surface area (Å²) in [5.41, 5.74) is 7.75. The predicted molar refractivity (Wildman–Crippen MR) is 140 cm³/mol. The second kappa shape index (κ2) is 11.8. The Labute approximate surface area is 222 Å². The minimum absolute atomic E-state index is 0.0632. The molecule has 0 saturated carbocycles. The lowest BCUT2D eigenvalue weighted by Gasteiger charge is -2.17. The summed E-state index contributed by atoms with van der Waals surface area (Å²) in [5, 5.41) is 18.0. The zero-order chi connectivity index (χ0) is 26.4. The number of hydrogen-bond acceptors (Lipinski definition) is 6. The summed E-state index contributed by atoms with van der Waals surface area (Å²) in [4.78, 5) is 28.5. The maximum atomic E-state index is 12.5. The van der Waals surface area contributed by atoms with Gasteiger partial charge in [-0.15, -0.1) is 0 Å². The molecule has 0 aliphatic heterocycles. The van der Waals surface area contributed by atoms with Crippen LogP contribution in [-0.4, -0.2) is 38.3 Å². The Morgan fingerprint density at radius 1 is 1.08 bits per heavy atom. The van der Waals surface area contributed by atoms with Gasteiger partial charge in [-0.05, 0) is 42.8 Å². The SMILES string of the molecule is NC(=O)C(NC(=O)CCCOc1cc(-c2cccnc2)nn1-c1ccc(Cl)c(Cl)c1)c1ccccc1O. The van der Waals surface area contributed by atoms with E-state index in [1.807, 2.05) is 6.07 Å². The van der Waals surface area contributed by atoms with Crippen molar-refractivity contribution in [3.8, 4) is 28.6 Å². The van der Waals surface area contributed by atoms with Crippen LogP contribution in [0.25, 0.3) is 16.9 Å². The molecule has 2 amide bonds. The summed E-state index contributed by atoms with van der Waals surface area (Å²) >= 11 is 12.3. The number of halogens is 2. The van der Waals surface area contributed by atoms with Crippen molar-refractivity contribution in [2.75, 3.05) is 6.61 Å². The maximum Gasteiger partial charge on any atom is 0.244 e. The molecule has 37 heavy (non-hydrogen) atoms. The number of aromatic nitrogens is 3. The third-order valence-electron chi connectivity index (χ3n) is 5.42. The molecule has 9 nitrogen and oxygen atoms in total. The monoisotopic (exact) mass is 539 g/mol. The number of phenols is 1. The molecular weight excluding hydrogens is 517 g/mol. The van der Waals surface area contributed by atoms with E-state index in [1.165, 1.54) is 12.1 Å². The zero-order valence-corrected chi connectivity index (χ0v) is 21.0. The fourth-order valence-corrected chi connectivity index (χ4v) is 3.89. The molecule has 0 aliphatic carbocycles. The van der Waals surface area contributed by atoms with Crippen LogP contribution in [0.15, 0.2) is 73.1 Å². The first-order valence-electron chi connectivity index (χ1n) is 11.3. The van der Waals surface area contributed by atoms with Crippen molar-refractivity contribution >= 4 is 35.0 Å². The van der Waals surface area contributed by atoms with E-state index in [0.717, 1.165) is 5.56 Å². The third kappa shape index (κ3) is 6.38. The van der Waals surface area contributed by atoms with Crippen molar-refractivity contribution in [3.63, 3.8) is 0 Å². The molecule has 0 aliphatic rings. The van der Waals surface area contributed by atoms with Crippen molar-refractivity contribution < 1.29 is 19.4 Å². The molecule has 0 spiro atoms. The van der Waals surface area contributed by atoms with E-state index in [4.69, 9.17) is 33.7 Å². The Morgan fingerprint density at radius 3 is 2.59 bits per heavy atom. The van der Waals surface area contributed by atoms with Crippen LogP contribution in [-0.2, 0) is 9.59 Å². The van der Waals surface area contributed by atoms with Gasteiger partial charge in [-0.25, -0.2) is 4.68 Å². The average molecular weight is 540 g/mol. The first-order valence-corrected chi connectivity index (χ1v) is 12.0. The van der Waals surface area contributed by atoms with E-state index in [1.54, 1.807) is 59.5 Å². The summed E-state index contributed by atoms with van der Waals surface area (Å²) in [6.07, 6.45) is 3.76. The molecule has 2 heterocycles. The van der Waals surface area contributed by atoms with E-state index in [2.05, 4.69) is 15.4 Å². The summed E-state index contributed by atoms with van der Waals surface area (Å²) < 4.78 is 7.55. The number of nitrogens with zero attached hydrogens (tertiary/aromatic N) is 3. The van der Waals surface area contributed by atoms with Gasteiger partial charge >= 0.3 is 0 Å². The molecule has 1 unspecified atom stereocenters. The van der Waals surface area contributed by atoms with Crippen molar-refractivity contribution in [2.45, 2.75) is 18.9 Å². The van der Waals surface area contributed by atoms with Crippen LogP contribution < -0.4 is 15.8 Å². The number of nitrogens with two attached hydrogens (primary N) is 1. The number of hydrogen-bond donors (Lipinski definition) is 3. The van der Waals surface area contributed by atoms with E-state index >= 15 is 0 Å². The number of pyridine rings is 1. The van der Waals surface area contributed by atoms with Gasteiger partial charge in [0.2, 0.25) is 17.7 Å². The molecule has 11 heteroatoms. The largest absolute Gasteiger partial charge is 0.508 e. The Bertz CT molecular complexity index is 1410. The van der Waals surface area contributed by atoms with E-state index in [0.29, 0.717) is 33.7 Å². The summed E-state index contributed by atoms with van der Waals surface area (Å²) in [6, 6.07) is 15.6. The van der Waals surface area contributed by atoms with Gasteiger partial charge in [0.25, 0.3) is 0 Å². The second-order valence-corrected chi connectivity index (χ2v) is 8.85. The Balaban J connectivity index is 1.44. The Morgan fingerprint density at radius 2 is 1.89 bits per heavy atom. The van der Waals surface area contributed by atoms with Crippen LogP contribution in [0.1, 0.15) is 24.4 Å². The van der Waals surface area contributed by atoms with Crippen LogP contribution in [0.4, 0.5) is 0 Å². The lowest BCUT2D eigenvalue weighted by Crippen LogP contribution is -2.37. The lowest BCUT2D eigenvalue weighted by molar-refractivity contribution is -0.127. The summed E-state index contributed by atoms with van der Waals surface area (Å²) in [6.45, 7) is 0.185. The van der Waals surface area contributed by atoms with Crippen LogP contribution in [0.5, 0.6) is 11.6 Å². The lowest BCUT2D eigenvalue weighted by atomic mass is 10.0. The van der Waals surface area contributed by atoms with Gasteiger partial charge in [-0.3, -0.25) is 14.6 Å². The first-order chi connectivity index (χ1) is 17.8. The second-order valence-electron chi connectivity index (χ2n) is 8.03. The van der Waals surface area contributed by atoms with Gasteiger partial charge in [0.1, 0.15) is 11.8 Å². The van der Waals surface area contributed by atoms with Crippen molar-refractivity contribution in [3.05, 3.63) is 88.7 Å². The molecule has 2 aromatic heterocycles. The first kappa shape index (κ1) is 26.0. The molecule has 0 fully saturated rings. The molecule has 4 N–H and O–H groups in total. The van der Waals surface area contributed by atoms with Crippen molar-refractivity contribution in [1.82, 2.24) is 20.1 Å². The quantitative estimate of drug-likeness (QED) is 0.255. The molecule has 4 aromatic rings. The van der Waals surface area contributed by atoms with Gasteiger partial charge in [-0.1, -0.05) is 41.4 Å². The number of carbonyl (C=O) groups excluding carboxylic acids is 2. The maximum absolute atomic E-state index is 12.5. The van der Waals surface area contributed by atoms with Gasteiger partial charge in [0.05, 0.1) is 28.0 Å². The van der Waals surface area contributed by atoms with Crippen LogP contribution >= 0.6 is 23.2 Å². The molecule has 0 saturated heterocycles. The molecule has 4 rings (SSSR count). The molecular formula is C26H23Cl2N5O4. The normalized spacial score (nSPS) is 11.6. The number of carbonyl (C=O) groups is 2.